The summed E-state index contributed by atoms with van der Waals surface area (Å²) >= 11 is 12.8. The summed E-state index contributed by atoms with van der Waals surface area (Å²) < 4.78 is 1.86. The molecule has 0 amide bonds. The molecule has 0 aliphatic carbocycles. The predicted octanol–water partition coefficient (Wildman–Crippen LogP) is 5.18. The molecule has 5 heteroatoms. The van der Waals surface area contributed by atoms with E-state index in [1.54, 1.807) is 12.1 Å². The van der Waals surface area contributed by atoms with Crippen LogP contribution in [0.15, 0.2) is 45.3 Å². The number of phenols is 1. The molecule has 0 atom stereocenters. The molecular formula is C13H10Br2ClNO. The van der Waals surface area contributed by atoms with Crippen LogP contribution in [0.5, 0.6) is 5.75 Å². The molecule has 0 unspecified atom stereocenters. The van der Waals surface area contributed by atoms with Crippen molar-refractivity contribution in [2.24, 2.45) is 0 Å². The third-order valence-electron chi connectivity index (χ3n) is 2.44. The van der Waals surface area contributed by atoms with E-state index >= 15 is 0 Å². The Morgan fingerprint density at radius 3 is 2.44 bits per heavy atom. The summed E-state index contributed by atoms with van der Waals surface area (Å²) in [6.07, 6.45) is 0. The second-order valence-corrected chi connectivity index (χ2v) is 5.99. The van der Waals surface area contributed by atoms with Crippen LogP contribution in [0.25, 0.3) is 0 Å². The van der Waals surface area contributed by atoms with Crippen molar-refractivity contribution < 1.29 is 5.11 Å². The molecule has 2 aromatic rings. The molecule has 2 nitrogen and oxygen atoms in total. The Labute approximate surface area is 127 Å². The van der Waals surface area contributed by atoms with Gasteiger partial charge >= 0.3 is 0 Å². The van der Waals surface area contributed by atoms with E-state index in [0.717, 1.165) is 20.2 Å². The molecule has 0 bridgehead atoms. The van der Waals surface area contributed by atoms with Crippen molar-refractivity contribution in [2.75, 3.05) is 5.32 Å². The molecule has 18 heavy (non-hydrogen) atoms. The monoisotopic (exact) mass is 389 g/mol. The van der Waals surface area contributed by atoms with Gasteiger partial charge in [-0.25, -0.2) is 0 Å². The summed E-state index contributed by atoms with van der Waals surface area (Å²) in [6.45, 7) is 0.507. The van der Waals surface area contributed by atoms with Crippen LogP contribution in [-0.4, -0.2) is 5.11 Å². The number of hydrogen-bond acceptors (Lipinski definition) is 2. The SMILES string of the molecule is Oc1ccc(Br)cc1CNc1ccc(Br)cc1Cl. The minimum Gasteiger partial charge on any atom is -0.508 e. The maximum absolute atomic E-state index is 9.73. The Bertz CT molecular complexity index is 575. The molecule has 0 aromatic heterocycles. The van der Waals surface area contributed by atoms with Crippen LogP contribution in [0, 0.1) is 0 Å². The maximum atomic E-state index is 9.73. The predicted molar refractivity (Wildman–Crippen MR) is 82.3 cm³/mol. The zero-order valence-corrected chi connectivity index (χ0v) is 13.2. The molecule has 0 spiro atoms. The second kappa shape index (κ2) is 5.95. The Hall–Kier alpha value is -0.710. The van der Waals surface area contributed by atoms with Crippen LogP contribution in [0.4, 0.5) is 5.69 Å². The van der Waals surface area contributed by atoms with E-state index in [1.165, 1.54) is 0 Å². The van der Waals surface area contributed by atoms with Gasteiger partial charge in [-0.05, 0) is 36.4 Å². The van der Waals surface area contributed by atoms with Crippen LogP contribution in [-0.2, 0) is 6.54 Å². The quantitative estimate of drug-likeness (QED) is 0.755. The van der Waals surface area contributed by atoms with Crippen LogP contribution >= 0.6 is 43.5 Å². The number of phenolic OH excluding ortho intramolecular Hbond substituents is 1. The summed E-state index contributed by atoms with van der Waals surface area (Å²) in [5.41, 5.74) is 1.64. The Morgan fingerprint density at radius 2 is 1.72 bits per heavy atom. The summed E-state index contributed by atoms with van der Waals surface area (Å²) in [6, 6.07) is 11.0. The van der Waals surface area contributed by atoms with Crippen molar-refractivity contribution in [1.29, 1.82) is 0 Å². The molecule has 0 aliphatic heterocycles. The number of nitrogens with one attached hydrogen (secondary N) is 1. The van der Waals surface area contributed by atoms with E-state index in [-0.39, 0.29) is 5.75 Å². The Kier molecular flexibility index (Phi) is 4.54. The average molecular weight is 391 g/mol. The minimum atomic E-state index is 0.263. The van der Waals surface area contributed by atoms with Gasteiger partial charge in [0.15, 0.2) is 0 Å². The van der Waals surface area contributed by atoms with Gasteiger partial charge in [-0.2, -0.15) is 0 Å². The van der Waals surface area contributed by atoms with Gasteiger partial charge < -0.3 is 10.4 Å². The Morgan fingerprint density at radius 1 is 1.06 bits per heavy atom. The number of benzene rings is 2. The topological polar surface area (TPSA) is 32.3 Å². The van der Waals surface area contributed by atoms with Crippen LogP contribution in [0.1, 0.15) is 5.56 Å². The fourth-order valence-corrected chi connectivity index (χ4v) is 2.67. The molecule has 94 valence electrons. The highest BCUT2D eigenvalue weighted by Crippen LogP contribution is 2.27. The van der Waals surface area contributed by atoms with Gasteiger partial charge in [0, 0.05) is 21.1 Å². The molecular weight excluding hydrogens is 381 g/mol. The summed E-state index contributed by atoms with van der Waals surface area (Å²) in [5.74, 6) is 0.263. The van der Waals surface area contributed by atoms with Crippen molar-refractivity contribution in [1.82, 2.24) is 0 Å². The molecule has 0 saturated heterocycles. The van der Waals surface area contributed by atoms with E-state index < -0.39 is 0 Å². The highest BCUT2D eigenvalue weighted by Gasteiger charge is 2.04. The van der Waals surface area contributed by atoms with Gasteiger partial charge in [0.25, 0.3) is 0 Å². The highest BCUT2D eigenvalue weighted by molar-refractivity contribution is 9.10. The number of halogens is 3. The maximum Gasteiger partial charge on any atom is 0.120 e. The molecule has 0 saturated carbocycles. The van der Waals surface area contributed by atoms with Crippen molar-refractivity contribution in [3.8, 4) is 5.75 Å². The Balaban J connectivity index is 2.13. The highest BCUT2D eigenvalue weighted by atomic mass is 79.9. The van der Waals surface area contributed by atoms with E-state index in [9.17, 15) is 5.11 Å². The van der Waals surface area contributed by atoms with Crippen LogP contribution < -0.4 is 5.32 Å². The third-order valence-corrected chi connectivity index (χ3v) is 3.74. The lowest BCUT2D eigenvalue weighted by Crippen LogP contribution is -2.00. The van der Waals surface area contributed by atoms with Crippen molar-refractivity contribution in [2.45, 2.75) is 6.54 Å². The van der Waals surface area contributed by atoms with Crippen molar-refractivity contribution in [3.05, 3.63) is 55.9 Å². The van der Waals surface area contributed by atoms with Gasteiger partial charge in [-0.15, -0.1) is 0 Å². The lowest BCUT2D eigenvalue weighted by molar-refractivity contribution is 0.469. The molecule has 0 aliphatic rings. The first-order valence-electron chi connectivity index (χ1n) is 5.22. The fourth-order valence-electron chi connectivity index (χ4n) is 1.52. The molecule has 2 rings (SSSR count). The molecule has 2 N–H and O–H groups in total. The molecule has 0 heterocycles. The first kappa shape index (κ1) is 13.7. The third kappa shape index (κ3) is 3.40. The largest absolute Gasteiger partial charge is 0.508 e. The summed E-state index contributed by atoms with van der Waals surface area (Å²) in [5, 5.41) is 13.6. The van der Waals surface area contributed by atoms with Gasteiger partial charge in [0.2, 0.25) is 0 Å². The van der Waals surface area contributed by atoms with E-state index in [2.05, 4.69) is 37.2 Å². The minimum absolute atomic E-state index is 0.263. The van der Waals surface area contributed by atoms with Crippen LogP contribution in [0.2, 0.25) is 5.02 Å². The van der Waals surface area contributed by atoms with Gasteiger partial charge in [-0.1, -0.05) is 43.5 Å². The molecule has 0 radical (unpaired) electrons. The van der Waals surface area contributed by atoms with E-state index in [1.807, 2.05) is 24.3 Å². The standard InChI is InChI=1S/C13H10Br2ClNO/c14-9-2-4-13(18)8(5-9)7-17-12-3-1-10(15)6-11(12)16/h1-6,17-18H,7H2. The van der Waals surface area contributed by atoms with E-state index in [0.29, 0.717) is 11.6 Å². The zero-order chi connectivity index (χ0) is 13.1. The number of rotatable bonds is 3. The number of anilines is 1. The average Bonchev–Trinajstić information content (AvgIpc) is 2.32. The first-order valence-corrected chi connectivity index (χ1v) is 7.19. The zero-order valence-electron chi connectivity index (χ0n) is 9.25. The van der Waals surface area contributed by atoms with Crippen molar-refractivity contribution >= 4 is 49.1 Å². The molecule has 0 fully saturated rings. The van der Waals surface area contributed by atoms with Gasteiger partial charge in [-0.3, -0.25) is 0 Å². The van der Waals surface area contributed by atoms with Gasteiger partial charge in [0.1, 0.15) is 5.75 Å². The summed E-state index contributed by atoms with van der Waals surface area (Å²) in [4.78, 5) is 0. The van der Waals surface area contributed by atoms with Crippen LogP contribution in [0.3, 0.4) is 0 Å². The van der Waals surface area contributed by atoms with E-state index in [4.69, 9.17) is 11.6 Å². The van der Waals surface area contributed by atoms with Gasteiger partial charge in [0.05, 0.1) is 10.7 Å². The fraction of sp³-hybridized carbons (Fsp3) is 0.0769. The second-order valence-electron chi connectivity index (χ2n) is 3.75. The summed E-state index contributed by atoms with van der Waals surface area (Å²) in [7, 11) is 0. The molecule has 2 aromatic carbocycles. The first-order chi connectivity index (χ1) is 8.56. The smallest absolute Gasteiger partial charge is 0.120 e. The number of aromatic hydroxyl groups is 1. The lowest BCUT2D eigenvalue weighted by atomic mass is 10.2. The lowest BCUT2D eigenvalue weighted by Gasteiger charge is -2.10. The number of hydrogen-bond donors (Lipinski definition) is 2. The van der Waals surface area contributed by atoms with Crippen molar-refractivity contribution in [3.63, 3.8) is 0 Å². The normalized spacial score (nSPS) is 10.4.